The van der Waals surface area contributed by atoms with E-state index in [-0.39, 0.29) is 5.91 Å². The van der Waals surface area contributed by atoms with Gasteiger partial charge in [-0.15, -0.1) is 0 Å². The SMILES string of the molecule is CCNC(=O)c1c[c]c(F)cc1. The summed E-state index contributed by atoms with van der Waals surface area (Å²) in [5.41, 5.74) is 0.429. The van der Waals surface area contributed by atoms with Gasteiger partial charge in [-0.1, -0.05) is 0 Å². The molecule has 0 saturated carbocycles. The first kappa shape index (κ1) is 8.71. The molecular formula is C9H9FNO. The van der Waals surface area contributed by atoms with Gasteiger partial charge in [-0.3, -0.25) is 4.79 Å². The van der Waals surface area contributed by atoms with Crippen LogP contribution in [0.25, 0.3) is 0 Å². The molecule has 63 valence electrons. The zero-order valence-corrected chi connectivity index (χ0v) is 6.73. The lowest BCUT2D eigenvalue weighted by Gasteiger charge is -2.00. The van der Waals surface area contributed by atoms with E-state index in [0.29, 0.717) is 12.1 Å². The molecule has 0 spiro atoms. The molecule has 0 aliphatic heterocycles. The maximum Gasteiger partial charge on any atom is 0.251 e. The molecule has 1 N–H and O–H groups in total. The Balaban J connectivity index is 2.75. The van der Waals surface area contributed by atoms with E-state index in [1.54, 1.807) is 0 Å². The summed E-state index contributed by atoms with van der Waals surface area (Å²) in [5, 5.41) is 2.60. The van der Waals surface area contributed by atoms with Crippen LogP contribution in [0.2, 0.25) is 0 Å². The van der Waals surface area contributed by atoms with Crippen LogP contribution < -0.4 is 5.32 Å². The summed E-state index contributed by atoms with van der Waals surface area (Å²) in [6.45, 7) is 2.39. The van der Waals surface area contributed by atoms with Crippen molar-refractivity contribution in [3.05, 3.63) is 35.6 Å². The van der Waals surface area contributed by atoms with Crippen molar-refractivity contribution in [2.24, 2.45) is 0 Å². The van der Waals surface area contributed by atoms with Crippen LogP contribution in [0.3, 0.4) is 0 Å². The highest BCUT2D eigenvalue weighted by molar-refractivity contribution is 5.93. The Morgan fingerprint density at radius 3 is 2.92 bits per heavy atom. The van der Waals surface area contributed by atoms with Gasteiger partial charge in [-0.05, 0) is 25.1 Å². The number of hydrogen-bond donors (Lipinski definition) is 1. The Kier molecular flexibility index (Phi) is 2.80. The first-order valence-electron chi connectivity index (χ1n) is 3.69. The molecule has 1 amide bonds. The zero-order valence-electron chi connectivity index (χ0n) is 6.73. The van der Waals surface area contributed by atoms with Crippen molar-refractivity contribution in [3.63, 3.8) is 0 Å². The highest BCUT2D eigenvalue weighted by atomic mass is 19.1. The Hall–Kier alpha value is -1.38. The molecule has 0 saturated heterocycles. The molecule has 1 radical (unpaired) electrons. The molecule has 0 heterocycles. The maximum absolute atomic E-state index is 12.3. The number of nitrogens with one attached hydrogen (secondary N) is 1. The average molecular weight is 166 g/mol. The number of rotatable bonds is 2. The molecule has 0 aromatic heterocycles. The van der Waals surface area contributed by atoms with Crippen molar-refractivity contribution in [3.8, 4) is 0 Å². The normalized spacial score (nSPS) is 9.50. The van der Waals surface area contributed by atoms with E-state index in [0.717, 1.165) is 0 Å². The number of benzene rings is 1. The summed E-state index contributed by atoms with van der Waals surface area (Å²) in [5.74, 6) is -0.656. The van der Waals surface area contributed by atoms with Gasteiger partial charge in [0, 0.05) is 18.2 Å². The fourth-order valence-electron chi connectivity index (χ4n) is 0.810. The van der Waals surface area contributed by atoms with E-state index < -0.39 is 5.82 Å². The monoisotopic (exact) mass is 166 g/mol. The quantitative estimate of drug-likeness (QED) is 0.706. The number of halogens is 1. The molecular weight excluding hydrogens is 157 g/mol. The largest absolute Gasteiger partial charge is 0.352 e. The van der Waals surface area contributed by atoms with Crippen LogP contribution in [-0.2, 0) is 0 Å². The van der Waals surface area contributed by atoms with Gasteiger partial charge >= 0.3 is 0 Å². The van der Waals surface area contributed by atoms with Gasteiger partial charge in [0.25, 0.3) is 5.91 Å². The minimum atomic E-state index is -0.456. The standard InChI is InChI=1S/C9H9FNO/c1-2-11-9(12)7-3-5-8(10)6-4-7/h3-5H,2H2,1H3,(H,11,12). The molecule has 1 rings (SSSR count). The molecule has 1 aromatic rings. The second-order valence-electron chi connectivity index (χ2n) is 2.28. The fraction of sp³-hybridized carbons (Fsp3) is 0.222. The van der Waals surface area contributed by atoms with Crippen molar-refractivity contribution < 1.29 is 9.18 Å². The van der Waals surface area contributed by atoms with E-state index in [4.69, 9.17) is 0 Å². The molecule has 12 heavy (non-hydrogen) atoms. The van der Waals surface area contributed by atoms with Crippen molar-refractivity contribution in [1.82, 2.24) is 5.32 Å². The van der Waals surface area contributed by atoms with Gasteiger partial charge in [0.15, 0.2) is 0 Å². The fourth-order valence-corrected chi connectivity index (χ4v) is 0.810. The summed E-state index contributed by atoms with van der Waals surface area (Å²) in [6.07, 6.45) is 0. The zero-order chi connectivity index (χ0) is 8.97. The summed E-state index contributed by atoms with van der Waals surface area (Å²) in [7, 11) is 0. The molecule has 0 aliphatic rings. The highest BCUT2D eigenvalue weighted by Gasteiger charge is 2.02. The molecule has 0 unspecified atom stereocenters. The molecule has 1 aromatic carbocycles. The molecule has 0 aliphatic carbocycles. The third-order valence-corrected chi connectivity index (χ3v) is 1.37. The lowest BCUT2D eigenvalue weighted by atomic mass is 10.2. The summed E-state index contributed by atoms with van der Waals surface area (Å²) < 4.78 is 12.3. The van der Waals surface area contributed by atoms with E-state index in [9.17, 15) is 9.18 Å². The topological polar surface area (TPSA) is 29.1 Å². The predicted molar refractivity (Wildman–Crippen MR) is 43.2 cm³/mol. The molecule has 0 bridgehead atoms. The third kappa shape index (κ3) is 2.05. The second kappa shape index (κ2) is 3.85. The smallest absolute Gasteiger partial charge is 0.251 e. The van der Waals surface area contributed by atoms with Gasteiger partial charge < -0.3 is 5.32 Å². The van der Waals surface area contributed by atoms with Gasteiger partial charge in [0.1, 0.15) is 5.82 Å². The van der Waals surface area contributed by atoms with Crippen molar-refractivity contribution >= 4 is 5.91 Å². The van der Waals surface area contributed by atoms with Crippen molar-refractivity contribution in [1.29, 1.82) is 0 Å². The highest BCUT2D eigenvalue weighted by Crippen LogP contribution is 2.00. The molecule has 3 heteroatoms. The second-order valence-corrected chi connectivity index (χ2v) is 2.28. The van der Waals surface area contributed by atoms with Crippen LogP contribution in [-0.4, -0.2) is 12.5 Å². The van der Waals surface area contributed by atoms with Gasteiger partial charge in [-0.2, -0.15) is 0 Å². The third-order valence-electron chi connectivity index (χ3n) is 1.37. The van der Waals surface area contributed by atoms with Crippen LogP contribution in [0, 0.1) is 11.9 Å². The Labute approximate surface area is 70.4 Å². The number of carbonyl (C=O) groups is 1. The van der Waals surface area contributed by atoms with Gasteiger partial charge in [0.05, 0.1) is 0 Å². The summed E-state index contributed by atoms with van der Waals surface area (Å²) in [4.78, 5) is 11.1. The minimum absolute atomic E-state index is 0.200. The minimum Gasteiger partial charge on any atom is -0.352 e. The van der Waals surface area contributed by atoms with Gasteiger partial charge in [0.2, 0.25) is 0 Å². The first-order chi connectivity index (χ1) is 5.74. The summed E-state index contributed by atoms with van der Waals surface area (Å²) in [6, 6.07) is 6.29. The van der Waals surface area contributed by atoms with Crippen LogP contribution in [0.15, 0.2) is 18.2 Å². The Bertz CT molecular complexity index is 268. The lowest BCUT2D eigenvalue weighted by Crippen LogP contribution is -2.22. The Morgan fingerprint density at radius 2 is 2.42 bits per heavy atom. The number of amides is 1. The lowest BCUT2D eigenvalue weighted by molar-refractivity contribution is 0.0956. The van der Waals surface area contributed by atoms with E-state index in [2.05, 4.69) is 11.4 Å². The van der Waals surface area contributed by atoms with E-state index in [1.165, 1.54) is 18.2 Å². The van der Waals surface area contributed by atoms with Crippen molar-refractivity contribution in [2.75, 3.05) is 6.54 Å². The van der Waals surface area contributed by atoms with Crippen molar-refractivity contribution in [2.45, 2.75) is 6.92 Å². The van der Waals surface area contributed by atoms with Crippen LogP contribution in [0.4, 0.5) is 4.39 Å². The van der Waals surface area contributed by atoms with Crippen LogP contribution in [0.5, 0.6) is 0 Å². The van der Waals surface area contributed by atoms with Gasteiger partial charge in [-0.25, -0.2) is 4.39 Å². The van der Waals surface area contributed by atoms with E-state index in [1.807, 2.05) is 6.92 Å². The van der Waals surface area contributed by atoms with E-state index >= 15 is 0 Å². The predicted octanol–water partition coefficient (Wildman–Crippen LogP) is 1.38. The number of carbonyl (C=O) groups excluding carboxylic acids is 1. The number of hydrogen-bond acceptors (Lipinski definition) is 1. The maximum atomic E-state index is 12.3. The molecule has 0 atom stereocenters. The van der Waals surface area contributed by atoms with Crippen LogP contribution >= 0.6 is 0 Å². The Morgan fingerprint density at radius 1 is 1.67 bits per heavy atom. The first-order valence-corrected chi connectivity index (χ1v) is 3.69. The molecule has 0 fully saturated rings. The average Bonchev–Trinajstić information content (AvgIpc) is 2.06. The summed E-state index contributed by atoms with van der Waals surface area (Å²) >= 11 is 0. The molecule has 2 nitrogen and oxygen atoms in total. The van der Waals surface area contributed by atoms with Crippen LogP contribution in [0.1, 0.15) is 17.3 Å².